The van der Waals surface area contributed by atoms with Gasteiger partial charge in [0.25, 0.3) is 0 Å². The highest BCUT2D eigenvalue weighted by molar-refractivity contribution is 5.49. The molecule has 1 aromatic rings. The quantitative estimate of drug-likeness (QED) is 0.868. The molecule has 0 bridgehead atoms. The van der Waals surface area contributed by atoms with E-state index in [1.807, 2.05) is 0 Å². The van der Waals surface area contributed by atoms with Crippen molar-refractivity contribution in [2.45, 2.75) is 26.3 Å². The van der Waals surface area contributed by atoms with Crippen molar-refractivity contribution in [3.05, 3.63) is 29.6 Å². The van der Waals surface area contributed by atoms with Crippen LogP contribution in [0.2, 0.25) is 0 Å². The molecule has 1 aliphatic carbocycles. The fourth-order valence-electron chi connectivity index (χ4n) is 3.04. The minimum Gasteiger partial charge on any atom is -0.369 e. The van der Waals surface area contributed by atoms with Crippen LogP contribution in [0.25, 0.3) is 0 Å². The molecule has 3 nitrogen and oxygen atoms in total. The van der Waals surface area contributed by atoms with Gasteiger partial charge in [0.15, 0.2) is 0 Å². The fraction of sp³-hybridized carbons (Fsp3) is 0.647. The number of rotatable bonds is 6. The standard InChI is InChI=1S/C17H26FN3/c1-2-19-12-15-9-16(18)11-17(10-15)21-7-5-20(6-8-21)13-14-3-4-14/h9-11,14,19H,2-8,12-13H2,1H3. The van der Waals surface area contributed by atoms with Crippen molar-refractivity contribution in [2.75, 3.05) is 44.2 Å². The molecule has 116 valence electrons. The number of piperazine rings is 1. The van der Waals surface area contributed by atoms with Gasteiger partial charge in [0.2, 0.25) is 0 Å². The summed E-state index contributed by atoms with van der Waals surface area (Å²) in [5, 5.41) is 3.26. The highest BCUT2D eigenvalue weighted by Gasteiger charge is 2.26. The third-order valence-corrected chi connectivity index (χ3v) is 4.47. The molecule has 2 fully saturated rings. The summed E-state index contributed by atoms with van der Waals surface area (Å²) < 4.78 is 13.8. The second-order valence-electron chi connectivity index (χ2n) is 6.33. The summed E-state index contributed by atoms with van der Waals surface area (Å²) in [6.07, 6.45) is 2.83. The van der Waals surface area contributed by atoms with Crippen molar-refractivity contribution < 1.29 is 4.39 Å². The van der Waals surface area contributed by atoms with Crippen LogP contribution in [0.4, 0.5) is 10.1 Å². The minimum absolute atomic E-state index is 0.124. The maximum Gasteiger partial charge on any atom is 0.125 e. The Morgan fingerprint density at radius 1 is 1.14 bits per heavy atom. The molecule has 2 aliphatic rings. The van der Waals surface area contributed by atoms with Crippen molar-refractivity contribution in [1.82, 2.24) is 10.2 Å². The van der Waals surface area contributed by atoms with Gasteiger partial charge in [-0.05, 0) is 49.1 Å². The molecule has 1 aromatic carbocycles. The molecule has 1 heterocycles. The lowest BCUT2D eigenvalue weighted by Crippen LogP contribution is -2.47. The smallest absolute Gasteiger partial charge is 0.125 e. The Balaban J connectivity index is 1.59. The predicted octanol–water partition coefficient (Wildman–Crippen LogP) is 2.47. The van der Waals surface area contributed by atoms with E-state index in [9.17, 15) is 4.39 Å². The average Bonchev–Trinajstić information content (AvgIpc) is 3.29. The van der Waals surface area contributed by atoms with Crippen LogP contribution in [0.3, 0.4) is 0 Å². The molecule has 1 saturated carbocycles. The van der Waals surface area contributed by atoms with Crippen LogP contribution in [0.1, 0.15) is 25.3 Å². The van der Waals surface area contributed by atoms with Crippen molar-refractivity contribution in [2.24, 2.45) is 5.92 Å². The van der Waals surface area contributed by atoms with E-state index < -0.39 is 0 Å². The average molecular weight is 291 g/mol. The Kier molecular flexibility index (Phi) is 4.76. The van der Waals surface area contributed by atoms with Crippen molar-refractivity contribution in [1.29, 1.82) is 0 Å². The largest absolute Gasteiger partial charge is 0.369 e. The van der Waals surface area contributed by atoms with Gasteiger partial charge in [0, 0.05) is 45.0 Å². The van der Waals surface area contributed by atoms with Gasteiger partial charge >= 0.3 is 0 Å². The van der Waals surface area contributed by atoms with Crippen LogP contribution in [0, 0.1) is 11.7 Å². The number of hydrogen-bond donors (Lipinski definition) is 1. The molecule has 1 saturated heterocycles. The molecular formula is C17H26FN3. The van der Waals surface area contributed by atoms with E-state index in [1.54, 1.807) is 12.1 Å². The Morgan fingerprint density at radius 2 is 1.90 bits per heavy atom. The molecule has 4 heteroatoms. The summed E-state index contributed by atoms with van der Waals surface area (Å²) in [5.41, 5.74) is 2.07. The lowest BCUT2D eigenvalue weighted by molar-refractivity contribution is 0.248. The topological polar surface area (TPSA) is 18.5 Å². The first-order chi connectivity index (χ1) is 10.2. The number of anilines is 1. The van der Waals surface area contributed by atoms with Gasteiger partial charge in [-0.3, -0.25) is 4.90 Å². The zero-order valence-corrected chi connectivity index (χ0v) is 12.9. The van der Waals surface area contributed by atoms with Crippen molar-refractivity contribution in [3.63, 3.8) is 0 Å². The van der Waals surface area contributed by atoms with Gasteiger partial charge in [-0.1, -0.05) is 6.92 Å². The number of nitrogens with zero attached hydrogens (tertiary/aromatic N) is 2. The van der Waals surface area contributed by atoms with E-state index in [1.165, 1.54) is 19.4 Å². The summed E-state index contributed by atoms with van der Waals surface area (Å²) in [4.78, 5) is 4.88. The fourth-order valence-corrected chi connectivity index (χ4v) is 3.04. The number of halogens is 1. The van der Waals surface area contributed by atoms with E-state index in [0.717, 1.165) is 56.4 Å². The van der Waals surface area contributed by atoms with Gasteiger partial charge < -0.3 is 10.2 Å². The lowest BCUT2D eigenvalue weighted by Gasteiger charge is -2.36. The summed E-state index contributed by atoms with van der Waals surface area (Å²) in [6, 6.07) is 5.43. The maximum atomic E-state index is 13.8. The second-order valence-corrected chi connectivity index (χ2v) is 6.33. The first-order valence-electron chi connectivity index (χ1n) is 8.22. The molecule has 3 rings (SSSR count). The van der Waals surface area contributed by atoms with E-state index in [0.29, 0.717) is 0 Å². The van der Waals surface area contributed by atoms with Crippen molar-refractivity contribution in [3.8, 4) is 0 Å². The Hall–Kier alpha value is -1.13. The first kappa shape index (κ1) is 14.8. The molecule has 0 aromatic heterocycles. The minimum atomic E-state index is -0.124. The lowest BCUT2D eigenvalue weighted by atomic mass is 10.1. The van der Waals surface area contributed by atoms with Gasteiger partial charge in [-0.2, -0.15) is 0 Å². The summed E-state index contributed by atoms with van der Waals surface area (Å²) >= 11 is 0. The van der Waals surface area contributed by atoms with E-state index >= 15 is 0 Å². The summed E-state index contributed by atoms with van der Waals surface area (Å²) in [6.45, 7) is 9.22. The third-order valence-electron chi connectivity index (χ3n) is 4.47. The van der Waals surface area contributed by atoms with Crippen LogP contribution in [0.15, 0.2) is 18.2 Å². The SMILES string of the molecule is CCNCc1cc(F)cc(N2CCN(CC3CC3)CC2)c1. The number of nitrogens with one attached hydrogen (secondary N) is 1. The van der Waals surface area contributed by atoms with E-state index in [2.05, 4.69) is 28.1 Å². The van der Waals surface area contributed by atoms with Gasteiger partial charge in [-0.25, -0.2) is 4.39 Å². The van der Waals surface area contributed by atoms with Gasteiger partial charge in [0.1, 0.15) is 5.82 Å². The van der Waals surface area contributed by atoms with Gasteiger partial charge in [-0.15, -0.1) is 0 Å². The molecule has 0 atom stereocenters. The van der Waals surface area contributed by atoms with Gasteiger partial charge in [0.05, 0.1) is 0 Å². The molecule has 0 radical (unpaired) electrons. The van der Waals surface area contributed by atoms with E-state index in [4.69, 9.17) is 0 Å². The monoisotopic (exact) mass is 291 g/mol. The normalized spacial score (nSPS) is 20.0. The van der Waals surface area contributed by atoms with Crippen LogP contribution >= 0.6 is 0 Å². The Morgan fingerprint density at radius 3 is 2.57 bits per heavy atom. The van der Waals surface area contributed by atoms with Crippen LogP contribution in [-0.2, 0) is 6.54 Å². The van der Waals surface area contributed by atoms with Crippen LogP contribution < -0.4 is 10.2 Å². The zero-order chi connectivity index (χ0) is 14.7. The van der Waals surface area contributed by atoms with Crippen LogP contribution in [-0.4, -0.2) is 44.2 Å². The molecular weight excluding hydrogens is 265 g/mol. The second kappa shape index (κ2) is 6.75. The molecule has 0 amide bonds. The highest BCUT2D eigenvalue weighted by Crippen LogP contribution is 2.30. The number of benzene rings is 1. The molecule has 1 N–H and O–H groups in total. The zero-order valence-electron chi connectivity index (χ0n) is 12.9. The molecule has 1 aliphatic heterocycles. The molecule has 0 unspecified atom stereocenters. The van der Waals surface area contributed by atoms with Crippen molar-refractivity contribution >= 4 is 5.69 Å². The van der Waals surface area contributed by atoms with Crippen LogP contribution in [0.5, 0.6) is 0 Å². The Labute approximate surface area is 127 Å². The molecule has 21 heavy (non-hydrogen) atoms. The maximum absolute atomic E-state index is 13.8. The Bertz CT molecular complexity index is 465. The third kappa shape index (κ3) is 4.17. The van der Waals surface area contributed by atoms with E-state index in [-0.39, 0.29) is 5.82 Å². The first-order valence-corrected chi connectivity index (χ1v) is 8.22. The highest BCUT2D eigenvalue weighted by atomic mass is 19.1. The molecule has 0 spiro atoms. The summed E-state index contributed by atoms with van der Waals surface area (Å²) in [5.74, 6) is 0.832. The summed E-state index contributed by atoms with van der Waals surface area (Å²) in [7, 11) is 0. The number of hydrogen-bond acceptors (Lipinski definition) is 3. The predicted molar refractivity (Wildman–Crippen MR) is 85.2 cm³/mol.